The lowest BCUT2D eigenvalue weighted by Crippen LogP contribution is -1.84. The van der Waals surface area contributed by atoms with Crippen molar-refractivity contribution in [3.63, 3.8) is 0 Å². The number of rotatable bonds is 5. The van der Waals surface area contributed by atoms with Crippen LogP contribution < -0.4 is 0 Å². The molecule has 0 aromatic rings. The highest BCUT2D eigenvalue weighted by atomic mass is 16.1. The lowest BCUT2D eigenvalue weighted by molar-refractivity contribution is -0.110. The van der Waals surface area contributed by atoms with Crippen LogP contribution in [0.3, 0.4) is 0 Å². The Morgan fingerprint density at radius 1 is 1.14 bits per heavy atom. The molecule has 0 radical (unpaired) electrons. The fourth-order valence-corrected chi connectivity index (χ4v) is 1.62. The zero-order chi connectivity index (χ0) is 16.2. The molecule has 0 saturated carbocycles. The summed E-state index contributed by atoms with van der Waals surface area (Å²) in [5, 5.41) is 0. The Bertz CT molecular complexity index is 702. The second-order valence-electron chi connectivity index (χ2n) is 4.61. The summed E-state index contributed by atoms with van der Waals surface area (Å²) in [6, 6.07) is 0. The summed E-state index contributed by atoms with van der Waals surface area (Å²) >= 11 is 0. The van der Waals surface area contributed by atoms with Crippen molar-refractivity contribution < 1.29 is 4.79 Å². The predicted octanol–water partition coefficient (Wildman–Crippen LogP) is 4.25. The maximum atomic E-state index is 11.6. The van der Waals surface area contributed by atoms with Gasteiger partial charge in [-0.25, -0.2) is 0 Å². The molecule has 1 aliphatic carbocycles. The Morgan fingerprint density at radius 2 is 1.86 bits per heavy atom. The number of hydrogen-bond donors (Lipinski definition) is 0. The summed E-state index contributed by atoms with van der Waals surface area (Å²) in [7, 11) is 0. The zero-order valence-electron chi connectivity index (χ0n) is 12.6. The van der Waals surface area contributed by atoms with Crippen LogP contribution in [0.2, 0.25) is 0 Å². The molecule has 22 heavy (non-hydrogen) atoms. The molecule has 1 heteroatoms. The lowest BCUT2D eigenvalue weighted by atomic mass is 10.1. The number of allylic oxidation sites excluding steroid dienone is 14. The molecule has 0 atom stereocenters. The van der Waals surface area contributed by atoms with Gasteiger partial charge in [0.2, 0.25) is 0 Å². The minimum absolute atomic E-state index is 0.0929. The summed E-state index contributed by atoms with van der Waals surface area (Å²) in [6.07, 6.45) is 30.9. The van der Waals surface area contributed by atoms with Gasteiger partial charge in [-0.05, 0) is 30.2 Å². The topological polar surface area (TPSA) is 17.1 Å². The van der Waals surface area contributed by atoms with Crippen molar-refractivity contribution in [2.24, 2.45) is 0 Å². The van der Waals surface area contributed by atoms with Crippen LogP contribution >= 0.6 is 0 Å². The Kier molecular flexibility index (Phi) is 7.59. The van der Waals surface area contributed by atoms with E-state index in [2.05, 4.69) is 11.8 Å². The first-order valence-corrected chi connectivity index (χ1v) is 6.89. The van der Waals surface area contributed by atoms with Crippen molar-refractivity contribution >= 4 is 5.78 Å². The van der Waals surface area contributed by atoms with Crippen molar-refractivity contribution in [3.8, 4) is 24.7 Å². The van der Waals surface area contributed by atoms with E-state index in [9.17, 15) is 4.79 Å². The van der Waals surface area contributed by atoms with Crippen LogP contribution in [0, 0.1) is 24.7 Å². The molecule has 0 fully saturated rings. The van der Waals surface area contributed by atoms with Crippen molar-refractivity contribution in [3.05, 3.63) is 83.6 Å². The Hall–Kier alpha value is -3.03. The molecule has 0 spiro atoms. The van der Waals surface area contributed by atoms with Crippen LogP contribution in [-0.2, 0) is 4.79 Å². The van der Waals surface area contributed by atoms with Gasteiger partial charge < -0.3 is 0 Å². The largest absolute Gasteiger partial charge is 0.290 e. The van der Waals surface area contributed by atoms with Crippen LogP contribution in [0.25, 0.3) is 0 Å². The minimum atomic E-state index is -0.0929. The van der Waals surface area contributed by atoms with E-state index in [1.54, 1.807) is 25.2 Å². The second-order valence-corrected chi connectivity index (χ2v) is 4.61. The molecule has 0 unspecified atom stereocenters. The van der Waals surface area contributed by atoms with Crippen LogP contribution in [0.4, 0.5) is 0 Å². The van der Waals surface area contributed by atoms with Crippen molar-refractivity contribution in [1.29, 1.82) is 0 Å². The minimum Gasteiger partial charge on any atom is -0.290 e. The summed E-state index contributed by atoms with van der Waals surface area (Å²) in [5.41, 5.74) is 2.81. The molecule has 1 rings (SSSR count). The average Bonchev–Trinajstić information content (AvgIpc) is 2.76. The standard InChI is InChI=1S/C21H18O/c1-4-18(3)11-10-16-21(22)15-9-8-14-20-13-7-6-12-19(5-2)17-20/h1-2,6-16H,17H2,3H3/b14-8+,15-9+,16-10+,18-11-. The van der Waals surface area contributed by atoms with E-state index in [-0.39, 0.29) is 5.78 Å². The van der Waals surface area contributed by atoms with E-state index in [4.69, 9.17) is 12.8 Å². The molecule has 0 N–H and O–H groups in total. The van der Waals surface area contributed by atoms with E-state index >= 15 is 0 Å². The molecule has 1 nitrogen and oxygen atoms in total. The van der Waals surface area contributed by atoms with E-state index in [1.807, 2.05) is 36.5 Å². The Labute approximate surface area is 132 Å². The van der Waals surface area contributed by atoms with Gasteiger partial charge in [0.25, 0.3) is 0 Å². The molecule has 0 bridgehead atoms. The first-order chi connectivity index (χ1) is 10.7. The number of carbonyl (C=O) groups is 1. The molecule has 0 aromatic heterocycles. The van der Waals surface area contributed by atoms with Gasteiger partial charge in [0.15, 0.2) is 5.78 Å². The van der Waals surface area contributed by atoms with Gasteiger partial charge in [-0.1, -0.05) is 66.5 Å². The predicted molar refractivity (Wildman–Crippen MR) is 93.8 cm³/mol. The van der Waals surface area contributed by atoms with Gasteiger partial charge in [0.1, 0.15) is 0 Å². The maximum Gasteiger partial charge on any atom is 0.178 e. The summed E-state index contributed by atoms with van der Waals surface area (Å²) in [4.78, 5) is 11.6. The summed E-state index contributed by atoms with van der Waals surface area (Å²) < 4.78 is 0. The number of hydrogen-bond acceptors (Lipinski definition) is 1. The molecule has 0 heterocycles. The van der Waals surface area contributed by atoms with Crippen molar-refractivity contribution in [2.75, 3.05) is 0 Å². The van der Waals surface area contributed by atoms with Gasteiger partial charge in [-0.15, -0.1) is 12.8 Å². The van der Waals surface area contributed by atoms with Gasteiger partial charge in [-0.2, -0.15) is 0 Å². The molecule has 0 amide bonds. The molecule has 1 aliphatic rings. The van der Waals surface area contributed by atoms with Crippen molar-refractivity contribution in [2.45, 2.75) is 13.3 Å². The molecular formula is C21H18O. The smallest absolute Gasteiger partial charge is 0.178 e. The Balaban J connectivity index is 2.56. The van der Waals surface area contributed by atoms with E-state index < -0.39 is 0 Å². The number of ketones is 1. The maximum absolute atomic E-state index is 11.6. The molecule has 0 aliphatic heterocycles. The van der Waals surface area contributed by atoms with Crippen LogP contribution in [0.15, 0.2) is 83.6 Å². The van der Waals surface area contributed by atoms with Gasteiger partial charge >= 0.3 is 0 Å². The second kappa shape index (κ2) is 9.81. The normalized spacial score (nSPS) is 15.5. The van der Waals surface area contributed by atoms with Crippen LogP contribution in [-0.4, -0.2) is 5.78 Å². The molecule has 108 valence electrons. The highest BCUT2D eigenvalue weighted by Gasteiger charge is 1.97. The van der Waals surface area contributed by atoms with Gasteiger partial charge in [0, 0.05) is 12.0 Å². The third-order valence-electron chi connectivity index (χ3n) is 2.82. The molecular weight excluding hydrogens is 268 g/mol. The Morgan fingerprint density at radius 3 is 2.59 bits per heavy atom. The van der Waals surface area contributed by atoms with Gasteiger partial charge in [-0.3, -0.25) is 4.79 Å². The van der Waals surface area contributed by atoms with E-state index in [1.165, 1.54) is 12.2 Å². The van der Waals surface area contributed by atoms with Crippen LogP contribution in [0.1, 0.15) is 13.3 Å². The number of terminal acetylenes is 2. The van der Waals surface area contributed by atoms with Crippen molar-refractivity contribution in [1.82, 2.24) is 0 Å². The zero-order valence-corrected chi connectivity index (χ0v) is 12.6. The van der Waals surface area contributed by atoms with E-state index in [0.717, 1.165) is 23.1 Å². The monoisotopic (exact) mass is 286 g/mol. The van der Waals surface area contributed by atoms with Gasteiger partial charge in [0.05, 0.1) is 0 Å². The van der Waals surface area contributed by atoms with E-state index in [0.29, 0.717) is 0 Å². The third kappa shape index (κ3) is 6.94. The van der Waals surface area contributed by atoms with Crippen LogP contribution in [0.5, 0.6) is 0 Å². The number of carbonyl (C=O) groups excluding carboxylic acids is 1. The summed E-state index contributed by atoms with van der Waals surface area (Å²) in [6.45, 7) is 1.81. The quantitative estimate of drug-likeness (QED) is 0.419. The SMILES string of the molecule is C#CC1=CC=CC=C(/C=C/C=C/C(=O)/C=C/C=C(/C)C#C)C1. The molecule has 0 saturated heterocycles. The first kappa shape index (κ1) is 17.0. The fourth-order valence-electron chi connectivity index (χ4n) is 1.62. The highest BCUT2D eigenvalue weighted by Crippen LogP contribution is 2.15. The lowest BCUT2D eigenvalue weighted by Gasteiger charge is -1.98. The fraction of sp³-hybridized carbons (Fsp3) is 0.0952. The first-order valence-electron chi connectivity index (χ1n) is 6.89. The summed E-state index contributed by atoms with van der Waals surface area (Å²) in [5.74, 6) is 5.04. The molecule has 0 aromatic carbocycles. The third-order valence-corrected chi connectivity index (χ3v) is 2.82. The average molecular weight is 286 g/mol. The highest BCUT2D eigenvalue weighted by molar-refractivity contribution is 5.99.